The summed E-state index contributed by atoms with van der Waals surface area (Å²) >= 11 is 2.53. The standard InChI is InChI=1S/C18H24N6O5S2/c1-5-29-22-11(10-8-31-18(19)20-10)14(25)21-12-15(26)23-13(17(27)28)9(6-24(2,3)4)7-30-16(12)23/h8,12,16H,5-7H2,1-4H3,(H3-,19,20,21,25,27,28)/b22-11-. The highest BCUT2D eigenvalue weighted by molar-refractivity contribution is 8.00. The van der Waals surface area contributed by atoms with Crippen LogP contribution in [0.4, 0.5) is 5.13 Å². The molecule has 3 N–H and O–H groups in total. The molecule has 0 bridgehead atoms. The summed E-state index contributed by atoms with van der Waals surface area (Å²) in [7, 11) is 5.80. The fourth-order valence-electron chi connectivity index (χ4n) is 3.31. The molecule has 1 aromatic heterocycles. The highest BCUT2D eigenvalue weighted by Crippen LogP contribution is 2.40. The Labute approximate surface area is 187 Å². The van der Waals surface area contributed by atoms with Crippen LogP contribution in [0.15, 0.2) is 21.8 Å². The lowest BCUT2D eigenvalue weighted by molar-refractivity contribution is -0.865. The van der Waals surface area contributed by atoms with Gasteiger partial charge in [-0.15, -0.1) is 23.1 Å². The number of carbonyl (C=O) groups excluding carboxylic acids is 3. The average Bonchev–Trinajstić information content (AvgIpc) is 3.10. The van der Waals surface area contributed by atoms with Gasteiger partial charge in [-0.2, -0.15) is 0 Å². The van der Waals surface area contributed by atoms with E-state index in [1.165, 1.54) is 16.7 Å². The Hall–Kier alpha value is -2.64. The fourth-order valence-corrected chi connectivity index (χ4v) is 5.19. The molecule has 1 saturated heterocycles. The van der Waals surface area contributed by atoms with Crippen LogP contribution in [0.5, 0.6) is 0 Å². The molecule has 2 aliphatic rings. The third-order valence-electron chi connectivity index (χ3n) is 4.46. The second-order valence-corrected chi connectivity index (χ2v) is 9.97. The molecule has 1 aromatic rings. The number of hydrogen-bond acceptors (Lipinski definition) is 10. The Morgan fingerprint density at radius 3 is 2.71 bits per heavy atom. The van der Waals surface area contributed by atoms with Crippen molar-refractivity contribution in [3.63, 3.8) is 0 Å². The van der Waals surface area contributed by atoms with Crippen molar-refractivity contribution in [3.05, 3.63) is 22.3 Å². The number of hydrogen-bond donors (Lipinski definition) is 2. The number of quaternary nitrogens is 1. The van der Waals surface area contributed by atoms with E-state index in [1.807, 2.05) is 21.1 Å². The number of aromatic nitrogens is 1. The van der Waals surface area contributed by atoms with Crippen LogP contribution in [0.3, 0.4) is 0 Å². The number of aliphatic carboxylic acids is 1. The summed E-state index contributed by atoms with van der Waals surface area (Å²) in [5.74, 6) is -2.16. The Bertz CT molecular complexity index is 967. The molecule has 0 radical (unpaired) electrons. The maximum Gasteiger partial charge on any atom is 0.276 e. The van der Waals surface area contributed by atoms with Crippen molar-refractivity contribution in [2.45, 2.75) is 18.3 Å². The van der Waals surface area contributed by atoms with Crippen molar-refractivity contribution >= 4 is 51.7 Å². The van der Waals surface area contributed by atoms with Gasteiger partial charge in [0.25, 0.3) is 11.8 Å². The number of nitrogens with two attached hydrogens (primary N) is 1. The van der Waals surface area contributed by atoms with Gasteiger partial charge in [0.05, 0.1) is 32.8 Å². The zero-order chi connectivity index (χ0) is 22.9. The van der Waals surface area contributed by atoms with Crippen molar-refractivity contribution in [3.8, 4) is 0 Å². The minimum atomic E-state index is -1.40. The third kappa shape index (κ3) is 4.83. The number of thiazole rings is 1. The van der Waals surface area contributed by atoms with Gasteiger partial charge in [0.2, 0.25) is 0 Å². The van der Waals surface area contributed by atoms with Gasteiger partial charge in [0, 0.05) is 16.7 Å². The minimum Gasteiger partial charge on any atom is -0.543 e. The highest BCUT2D eigenvalue weighted by atomic mass is 32.2. The number of carbonyl (C=O) groups is 3. The topological polar surface area (TPSA) is 150 Å². The van der Waals surface area contributed by atoms with Crippen molar-refractivity contribution in [1.82, 2.24) is 15.2 Å². The molecule has 2 atom stereocenters. The highest BCUT2D eigenvalue weighted by Gasteiger charge is 2.53. The normalized spacial score (nSPS) is 21.5. The van der Waals surface area contributed by atoms with Gasteiger partial charge < -0.3 is 30.3 Å². The molecule has 0 spiro atoms. The lowest BCUT2D eigenvalue weighted by atomic mass is 10.0. The van der Waals surface area contributed by atoms with E-state index >= 15 is 0 Å². The van der Waals surface area contributed by atoms with Crippen LogP contribution < -0.4 is 16.2 Å². The number of fused-ring (bicyclic) bond motifs is 1. The van der Waals surface area contributed by atoms with Gasteiger partial charge in [-0.25, -0.2) is 4.98 Å². The summed E-state index contributed by atoms with van der Waals surface area (Å²) in [4.78, 5) is 47.7. The number of nitrogen functional groups attached to an aromatic ring is 1. The van der Waals surface area contributed by atoms with Crippen molar-refractivity contribution < 1.29 is 28.8 Å². The Morgan fingerprint density at radius 1 is 1.45 bits per heavy atom. The summed E-state index contributed by atoms with van der Waals surface area (Å²) in [6.45, 7) is 2.40. The molecule has 0 saturated carbocycles. The van der Waals surface area contributed by atoms with E-state index in [1.54, 1.807) is 12.3 Å². The van der Waals surface area contributed by atoms with E-state index in [-0.39, 0.29) is 28.8 Å². The second-order valence-electron chi connectivity index (χ2n) is 7.98. The van der Waals surface area contributed by atoms with Gasteiger partial charge in [0.1, 0.15) is 30.3 Å². The largest absolute Gasteiger partial charge is 0.543 e. The molecule has 0 aliphatic carbocycles. The summed E-state index contributed by atoms with van der Waals surface area (Å²) in [6.07, 6.45) is 0. The van der Waals surface area contributed by atoms with Crippen LogP contribution in [0.1, 0.15) is 12.6 Å². The minimum absolute atomic E-state index is 0.108. The van der Waals surface area contributed by atoms with E-state index in [0.717, 1.165) is 11.3 Å². The molecular formula is C18H24N6O5S2. The molecule has 3 heterocycles. The first kappa shape index (κ1) is 23.0. The molecule has 168 valence electrons. The van der Waals surface area contributed by atoms with Gasteiger partial charge >= 0.3 is 0 Å². The van der Waals surface area contributed by atoms with Crippen LogP contribution in [-0.2, 0) is 19.2 Å². The quantitative estimate of drug-likeness (QED) is 0.204. The molecule has 1 fully saturated rings. The Kier molecular flexibility index (Phi) is 6.57. The van der Waals surface area contributed by atoms with Crippen LogP contribution >= 0.6 is 23.1 Å². The number of carboxylic acids is 1. The zero-order valence-electron chi connectivity index (χ0n) is 17.6. The number of rotatable bonds is 8. The summed E-state index contributed by atoms with van der Waals surface area (Å²) < 4.78 is 0.507. The number of likely N-dealkylation sites (N-methyl/N-ethyl adjacent to an activating group) is 1. The van der Waals surface area contributed by atoms with Crippen molar-refractivity contribution in [1.29, 1.82) is 0 Å². The Balaban J connectivity index is 1.80. The van der Waals surface area contributed by atoms with E-state index in [9.17, 15) is 19.5 Å². The average molecular weight is 469 g/mol. The molecular weight excluding hydrogens is 444 g/mol. The number of nitrogens with zero attached hydrogens (tertiary/aromatic N) is 4. The predicted molar refractivity (Wildman–Crippen MR) is 115 cm³/mol. The molecule has 3 rings (SSSR count). The number of thioether (sulfide) groups is 1. The lowest BCUT2D eigenvalue weighted by Gasteiger charge is -2.51. The zero-order valence-corrected chi connectivity index (χ0v) is 19.2. The van der Waals surface area contributed by atoms with Gasteiger partial charge in [0.15, 0.2) is 10.8 Å². The van der Waals surface area contributed by atoms with Crippen molar-refractivity contribution in [2.24, 2.45) is 5.16 Å². The molecule has 2 amide bonds. The van der Waals surface area contributed by atoms with Crippen LogP contribution in [0.2, 0.25) is 0 Å². The maximum atomic E-state index is 12.8. The molecule has 13 heteroatoms. The SMILES string of the molecule is CCO/N=C(\C(=O)NC1C(=O)N2C(C(=O)[O-])=C(C[N+](C)(C)C)CSC12)c1csc(N)n1. The Morgan fingerprint density at radius 2 is 2.16 bits per heavy atom. The first-order valence-electron chi connectivity index (χ1n) is 9.44. The number of amides is 2. The predicted octanol–water partition coefficient (Wildman–Crippen LogP) is -1.42. The number of β-lactam (4-membered cyclic amide) rings is 1. The van der Waals surface area contributed by atoms with E-state index < -0.39 is 29.2 Å². The number of anilines is 1. The molecule has 0 aromatic carbocycles. The number of carboxylic acid groups (broad SMARTS) is 1. The van der Waals surface area contributed by atoms with Crippen LogP contribution in [0.25, 0.3) is 0 Å². The van der Waals surface area contributed by atoms with E-state index in [2.05, 4.69) is 15.5 Å². The van der Waals surface area contributed by atoms with E-state index in [4.69, 9.17) is 10.6 Å². The fraction of sp³-hybridized carbons (Fsp3) is 0.500. The van der Waals surface area contributed by atoms with Crippen molar-refractivity contribution in [2.75, 3.05) is 45.8 Å². The first-order valence-corrected chi connectivity index (χ1v) is 11.4. The van der Waals surface area contributed by atoms with Crippen LogP contribution in [0, 0.1) is 0 Å². The molecule has 31 heavy (non-hydrogen) atoms. The monoisotopic (exact) mass is 468 g/mol. The van der Waals surface area contributed by atoms with Crippen LogP contribution in [-0.4, -0.2) is 89.3 Å². The van der Waals surface area contributed by atoms with E-state index in [0.29, 0.717) is 22.4 Å². The summed E-state index contributed by atoms with van der Waals surface area (Å²) in [5.41, 5.74) is 6.28. The molecule has 11 nitrogen and oxygen atoms in total. The smallest absolute Gasteiger partial charge is 0.276 e. The molecule has 2 unspecified atom stereocenters. The van der Waals surface area contributed by atoms with Gasteiger partial charge in [-0.3, -0.25) is 14.5 Å². The third-order valence-corrected chi connectivity index (χ3v) is 6.47. The first-order chi connectivity index (χ1) is 14.5. The van der Waals surface area contributed by atoms with Gasteiger partial charge in [-0.05, 0) is 6.92 Å². The maximum absolute atomic E-state index is 12.8. The molecule has 2 aliphatic heterocycles. The number of nitrogens with one attached hydrogen (secondary N) is 1. The second kappa shape index (κ2) is 8.85. The van der Waals surface area contributed by atoms with Gasteiger partial charge in [-0.1, -0.05) is 5.16 Å². The lowest BCUT2D eigenvalue weighted by Crippen LogP contribution is -2.71. The summed E-state index contributed by atoms with van der Waals surface area (Å²) in [6, 6.07) is -0.902. The summed E-state index contributed by atoms with van der Waals surface area (Å²) in [5, 5.41) is 19.5. The number of oxime groups is 1.